The maximum atomic E-state index is 15.2. The molecule has 3 aromatic carbocycles. The maximum Gasteiger partial charge on any atom is 0.338 e. The fourth-order valence-corrected chi connectivity index (χ4v) is 6.13. The van der Waals surface area contributed by atoms with Gasteiger partial charge in [0.2, 0.25) is 11.8 Å². The summed E-state index contributed by atoms with van der Waals surface area (Å²) in [4.78, 5) is 33.4. The fourth-order valence-electron chi connectivity index (χ4n) is 5.95. The Morgan fingerprint density at radius 3 is 2.43 bits per heavy atom. The summed E-state index contributed by atoms with van der Waals surface area (Å²) in [6, 6.07) is 15.5. The molecule has 0 radical (unpaired) electrons. The molecule has 1 saturated carbocycles. The summed E-state index contributed by atoms with van der Waals surface area (Å²) < 4.78 is 33.7. The number of aromatic nitrogens is 2. The molecule has 1 aliphatic heterocycles. The molecule has 46 heavy (non-hydrogen) atoms. The molecule has 0 bridgehead atoms. The van der Waals surface area contributed by atoms with Crippen molar-refractivity contribution in [3.63, 3.8) is 0 Å². The standard InChI is InChI=1S/C32H32FN5O5S.2BrH/c1-41-28-13-24-26(14-29(28)42-17-20-9-21-15-34-16-22(21)10-20)35-18-36-31(24)43-27-8-7-23(12-25(27)33)38(44)32(40)37-30(39)11-19-5-3-2-4-6-19;;/h2-8,12-14,18,20-22,34,44H,9-11,15-17H2,1H3,(H,37,39,40);2*1H. The smallest absolute Gasteiger partial charge is 0.338 e. The minimum Gasteiger partial charge on any atom is -0.493 e. The van der Waals surface area contributed by atoms with E-state index in [1.165, 1.54) is 18.5 Å². The topological polar surface area (TPSA) is 115 Å². The zero-order valence-corrected chi connectivity index (χ0v) is 29.2. The monoisotopic (exact) mass is 777 g/mol. The summed E-state index contributed by atoms with van der Waals surface area (Å²) in [6.45, 7) is 2.77. The molecule has 4 aromatic rings. The SMILES string of the molecule is Br.Br.COc1cc2c(Oc3ccc(N(S)C(=O)NC(=O)Cc4ccccc4)cc3F)ncnc2cc1OCC1CC2CNCC2C1. The van der Waals surface area contributed by atoms with Crippen LogP contribution in [-0.4, -0.2) is 48.7 Å². The van der Waals surface area contributed by atoms with Gasteiger partial charge in [-0.2, -0.15) is 0 Å². The van der Waals surface area contributed by atoms with Crippen LogP contribution in [0.3, 0.4) is 0 Å². The van der Waals surface area contributed by atoms with E-state index in [0.29, 0.717) is 34.9 Å². The van der Waals surface area contributed by atoms with Gasteiger partial charge in [0.15, 0.2) is 23.1 Å². The van der Waals surface area contributed by atoms with Gasteiger partial charge in [-0.05, 0) is 67.4 Å². The van der Waals surface area contributed by atoms with Crippen LogP contribution in [0.2, 0.25) is 0 Å². The van der Waals surface area contributed by atoms with Gasteiger partial charge in [0.05, 0.1) is 36.7 Å². The van der Waals surface area contributed by atoms with E-state index in [9.17, 15) is 9.59 Å². The van der Waals surface area contributed by atoms with Crippen LogP contribution in [0.15, 0.2) is 67.0 Å². The number of nitrogens with zero attached hydrogens (tertiary/aromatic N) is 3. The summed E-state index contributed by atoms with van der Waals surface area (Å²) in [6.07, 6.45) is 3.65. The number of halogens is 3. The van der Waals surface area contributed by atoms with E-state index >= 15 is 4.39 Å². The Kier molecular flexibility index (Phi) is 12.2. The minimum absolute atomic E-state index is 0. The number of amides is 3. The first kappa shape index (κ1) is 35.4. The maximum absolute atomic E-state index is 15.2. The molecule has 0 spiro atoms. The van der Waals surface area contributed by atoms with E-state index in [4.69, 9.17) is 14.2 Å². The number of ether oxygens (including phenoxy) is 3. The second-order valence-corrected chi connectivity index (χ2v) is 11.5. The van der Waals surface area contributed by atoms with Gasteiger partial charge in [0, 0.05) is 12.1 Å². The molecule has 2 unspecified atom stereocenters. The third-order valence-electron chi connectivity index (χ3n) is 8.12. The summed E-state index contributed by atoms with van der Waals surface area (Å²) in [7, 11) is 1.55. The molecule has 6 rings (SSSR count). The van der Waals surface area contributed by atoms with E-state index in [0.717, 1.165) is 53.7 Å². The van der Waals surface area contributed by atoms with Crippen LogP contribution in [0.4, 0.5) is 14.9 Å². The number of carbonyl (C=O) groups is 2. The highest BCUT2D eigenvalue weighted by molar-refractivity contribution is 8.93. The lowest BCUT2D eigenvalue weighted by Gasteiger charge is -2.17. The second-order valence-electron chi connectivity index (χ2n) is 11.1. The molecule has 2 heterocycles. The van der Waals surface area contributed by atoms with Crippen LogP contribution in [-0.2, 0) is 11.2 Å². The zero-order chi connectivity index (χ0) is 30.6. The summed E-state index contributed by atoms with van der Waals surface area (Å²) in [5, 5.41) is 6.22. The lowest BCUT2D eigenvalue weighted by Crippen LogP contribution is -2.39. The Bertz CT molecular complexity index is 1680. The molecule has 3 amide bonds. The van der Waals surface area contributed by atoms with Gasteiger partial charge < -0.3 is 19.5 Å². The third kappa shape index (κ3) is 8.08. The molecule has 2 aliphatic rings. The van der Waals surface area contributed by atoms with E-state index in [1.807, 2.05) is 6.07 Å². The minimum atomic E-state index is -0.818. The van der Waals surface area contributed by atoms with Crippen molar-refractivity contribution in [1.29, 1.82) is 0 Å². The number of anilines is 1. The van der Waals surface area contributed by atoms with Crippen LogP contribution in [0.5, 0.6) is 23.1 Å². The lowest BCUT2D eigenvalue weighted by molar-refractivity contribution is -0.119. The van der Waals surface area contributed by atoms with Crippen molar-refractivity contribution in [1.82, 2.24) is 20.6 Å². The predicted molar refractivity (Wildman–Crippen MR) is 186 cm³/mol. The van der Waals surface area contributed by atoms with Crippen LogP contribution in [0, 0.1) is 23.6 Å². The molecular weight excluding hydrogens is 745 g/mol. The highest BCUT2D eigenvalue weighted by atomic mass is 79.9. The molecule has 10 nitrogen and oxygen atoms in total. The summed E-state index contributed by atoms with van der Waals surface area (Å²) in [5.74, 6) is 1.73. The van der Waals surface area contributed by atoms with E-state index in [-0.39, 0.29) is 57.7 Å². The first-order valence-electron chi connectivity index (χ1n) is 14.4. The number of fused-ring (bicyclic) bond motifs is 2. The van der Waals surface area contributed by atoms with Crippen molar-refractivity contribution in [3.05, 3.63) is 78.4 Å². The quantitative estimate of drug-likeness (QED) is 0.166. The first-order chi connectivity index (χ1) is 21.4. The van der Waals surface area contributed by atoms with Gasteiger partial charge in [-0.25, -0.2) is 23.5 Å². The number of hydrogen-bond donors (Lipinski definition) is 3. The Labute approximate surface area is 292 Å². The molecule has 2 fully saturated rings. The molecule has 1 aromatic heterocycles. The van der Waals surface area contributed by atoms with Gasteiger partial charge in [-0.3, -0.25) is 10.1 Å². The number of hydrogen-bond acceptors (Lipinski definition) is 9. The molecule has 1 aliphatic carbocycles. The predicted octanol–water partition coefficient (Wildman–Crippen LogP) is 6.48. The third-order valence-corrected chi connectivity index (χ3v) is 8.54. The van der Waals surface area contributed by atoms with Gasteiger partial charge in [-0.1, -0.05) is 43.1 Å². The first-order valence-corrected chi connectivity index (χ1v) is 14.8. The number of benzene rings is 3. The van der Waals surface area contributed by atoms with Crippen molar-refractivity contribution < 1.29 is 28.2 Å². The van der Waals surface area contributed by atoms with Crippen molar-refractivity contribution in [2.45, 2.75) is 19.3 Å². The van der Waals surface area contributed by atoms with Crippen molar-refractivity contribution in [2.75, 3.05) is 31.1 Å². The highest BCUT2D eigenvalue weighted by Crippen LogP contribution is 2.41. The second kappa shape index (κ2) is 15.9. The average Bonchev–Trinajstić information content (AvgIpc) is 3.63. The number of nitrogens with one attached hydrogen (secondary N) is 2. The summed E-state index contributed by atoms with van der Waals surface area (Å²) >= 11 is 4.15. The van der Waals surface area contributed by atoms with E-state index in [1.54, 1.807) is 43.5 Å². The fraction of sp³-hybridized carbons (Fsp3) is 0.312. The lowest BCUT2D eigenvalue weighted by atomic mass is 10.0. The summed E-state index contributed by atoms with van der Waals surface area (Å²) in [5.41, 5.74) is 1.40. The van der Waals surface area contributed by atoms with Crippen LogP contribution < -0.4 is 29.1 Å². The Morgan fingerprint density at radius 2 is 1.74 bits per heavy atom. The molecular formula is C32H34Br2FN5O5S. The van der Waals surface area contributed by atoms with Gasteiger partial charge >= 0.3 is 6.03 Å². The van der Waals surface area contributed by atoms with Crippen LogP contribution in [0.25, 0.3) is 10.9 Å². The van der Waals surface area contributed by atoms with Crippen molar-refractivity contribution in [3.8, 4) is 23.1 Å². The normalized spacial score (nSPS) is 18.1. The largest absolute Gasteiger partial charge is 0.493 e. The Hall–Kier alpha value is -3.46. The molecule has 244 valence electrons. The van der Waals surface area contributed by atoms with Gasteiger partial charge in [0.25, 0.3) is 0 Å². The number of thiol groups is 1. The van der Waals surface area contributed by atoms with E-state index < -0.39 is 17.8 Å². The molecule has 2 atom stereocenters. The number of carbonyl (C=O) groups excluding carboxylic acids is 2. The van der Waals surface area contributed by atoms with Gasteiger partial charge in [0.1, 0.15) is 6.33 Å². The number of rotatable bonds is 9. The molecule has 1 saturated heterocycles. The Morgan fingerprint density at radius 1 is 1.00 bits per heavy atom. The molecule has 14 heteroatoms. The van der Waals surface area contributed by atoms with Crippen molar-refractivity contribution in [2.24, 2.45) is 17.8 Å². The number of imide groups is 1. The van der Waals surface area contributed by atoms with Gasteiger partial charge in [-0.15, -0.1) is 34.0 Å². The van der Waals surface area contributed by atoms with Crippen molar-refractivity contribution >= 4 is 75.3 Å². The number of urea groups is 1. The van der Waals surface area contributed by atoms with Crippen LogP contribution in [0.1, 0.15) is 18.4 Å². The molecule has 2 N–H and O–H groups in total. The zero-order valence-electron chi connectivity index (χ0n) is 24.9. The van der Waals surface area contributed by atoms with Crippen LogP contribution >= 0.6 is 46.8 Å². The highest BCUT2D eigenvalue weighted by Gasteiger charge is 2.37. The average molecular weight is 780 g/mol. The van der Waals surface area contributed by atoms with E-state index in [2.05, 4.69) is 33.4 Å². The number of methoxy groups -OCH3 is 1. The Balaban J connectivity index is 0.00000240.